The van der Waals surface area contributed by atoms with E-state index in [0.717, 1.165) is 59.2 Å². The van der Waals surface area contributed by atoms with E-state index < -0.39 is 0 Å². The Hall–Kier alpha value is -2.54. The van der Waals surface area contributed by atoms with Crippen LogP contribution < -0.4 is 10.2 Å². The summed E-state index contributed by atoms with van der Waals surface area (Å²) in [6, 6.07) is 6.19. The number of nitrogens with zero attached hydrogens (tertiary/aromatic N) is 4. The van der Waals surface area contributed by atoms with Gasteiger partial charge in [0.2, 0.25) is 11.9 Å². The number of rotatable bonds is 3. The number of hydrogen-bond acceptors (Lipinski definition) is 4. The summed E-state index contributed by atoms with van der Waals surface area (Å²) in [5.74, 6) is 2.48. The van der Waals surface area contributed by atoms with Gasteiger partial charge in [-0.25, -0.2) is 0 Å². The Morgan fingerprint density at radius 2 is 2.18 bits per heavy atom. The maximum atomic E-state index is 11.6. The smallest absolute Gasteiger partial charge is 0.226 e. The Morgan fingerprint density at radius 3 is 3.07 bits per heavy atom. The first kappa shape index (κ1) is 17.6. The average Bonchev–Trinajstić information content (AvgIpc) is 3.27. The number of halogens is 1. The molecule has 1 aromatic carbocycles. The Kier molecular flexibility index (Phi) is 4.27. The molecule has 2 saturated heterocycles. The van der Waals surface area contributed by atoms with Gasteiger partial charge in [-0.2, -0.15) is 0 Å². The van der Waals surface area contributed by atoms with Crippen LogP contribution in [0.3, 0.4) is 0 Å². The molecular formula is C20H23ClN6O. The fourth-order valence-electron chi connectivity index (χ4n) is 4.59. The number of piperidine rings is 2. The molecule has 0 bridgehead atoms. The van der Waals surface area contributed by atoms with Gasteiger partial charge in [0.15, 0.2) is 0 Å². The van der Waals surface area contributed by atoms with Crippen LogP contribution in [0.2, 0.25) is 5.02 Å². The largest absolute Gasteiger partial charge is 0.361 e. The first-order valence-electron chi connectivity index (χ1n) is 9.77. The number of anilines is 1. The molecule has 0 spiro atoms. The molecule has 0 saturated carbocycles. The second-order valence-corrected chi connectivity index (χ2v) is 8.24. The minimum absolute atomic E-state index is 0.188. The number of H-pyrrole nitrogens is 1. The quantitative estimate of drug-likeness (QED) is 0.710. The van der Waals surface area contributed by atoms with Crippen LogP contribution >= 0.6 is 11.6 Å². The molecule has 2 atom stereocenters. The van der Waals surface area contributed by atoms with Crippen molar-refractivity contribution >= 4 is 34.4 Å². The van der Waals surface area contributed by atoms with Crippen molar-refractivity contribution < 1.29 is 4.79 Å². The van der Waals surface area contributed by atoms with E-state index in [-0.39, 0.29) is 5.91 Å². The summed E-state index contributed by atoms with van der Waals surface area (Å²) < 4.78 is 2.08. The monoisotopic (exact) mass is 398 g/mol. The molecule has 2 aliphatic heterocycles. The van der Waals surface area contributed by atoms with Gasteiger partial charge in [-0.15, -0.1) is 10.2 Å². The van der Waals surface area contributed by atoms with Crippen LogP contribution in [0.25, 0.3) is 10.9 Å². The van der Waals surface area contributed by atoms with Gasteiger partial charge in [0.05, 0.1) is 5.02 Å². The van der Waals surface area contributed by atoms with Gasteiger partial charge in [-0.05, 0) is 36.5 Å². The number of amides is 1. The van der Waals surface area contributed by atoms with Crippen LogP contribution in [0.4, 0.5) is 5.95 Å². The van der Waals surface area contributed by atoms with Crippen LogP contribution in [-0.2, 0) is 18.3 Å². The highest BCUT2D eigenvalue weighted by Gasteiger charge is 2.35. The van der Waals surface area contributed by atoms with Crippen LogP contribution in [0.15, 0.2) is 24.4 Å². The van der Waals surface area contributed by atoms with E-state index in [1.165, 1.54) is 0 Å². The third-order valence-electron chi connectivity index (χ3n) is 6.13. The molecule has 8 heteroatoms. The van der Waals surface area contributed by atoms with E-state index in [1.54, 1.807) is 0 Å². The van der Waals surface area contributed by atoms with Gasteiger partial charge < -0.3 is 19.8 Å². The number of carbonyl (C=O) groups excluding carboxylic acids is 1. The van der Waals surface area contributed by atoms with Crippen molar-refractivity contribution in [3.63, 3.8) is 0 Å². The fraction of sp³-hybridized carbons (Fsp3) is 0.450. The standard InChI is InChI=1S/C20H23ClN6O/c1-26-17(9-13-10-22-16-4-2-3-14(21)19(13)16)24-25-20(26)27-8-7-15-12(11-27)5-6-18(28)23-15/h2-4,10,12,15,22H,5-9,11H2,1H3,(H,23,28). The predicted molar refractivity (Wildman–Crippen MR) is 109 cm³/mol. The van der Waals surface area contributed by atoms with Gasteiger partial charge in [0, 0.05) is 56.1 Å². The molecule has 2 fully saturated rings. The van der Waals surface area contributed by atoms with Crippen molar-refractivity contribution in [2.24, 2.45) is 13.0 Å². The van der Waals surface area contributed by atoms with E-state index in [9.17, 15) is 4.79 Å². The molecule has 0 aliphatic carbocycles. The Labute approximate surface area is 168 Å². The summed E-state index contributed by atoms with van der Waals surface area (Å²) in [5, 5.41) is 13.9. The molecule has 1 amide bonds. The van der Waals surface area contributed by atoms with Gasteiger partial charge in [-0.3, -0.25) is 4.79 Å². The van der Waals surface area contributed by atoms with Crippen LogP contribution in [0, 0.1) is 5.92 Å². The third kappa shape index (κ3) is 2.94. The molecule has 5 rings (SSSR count). The first-order chi connectivity index (χ1) is 13.6. The second-order valence-electron chi connectivity index (χ2n) is 7.84. The zero-order chi connectivity index (χ0) is 19.3. The van der Waals surface area contributed by atoms with Crippen LogP contribution in [-0.4, -0.2) is 44.8 Å². The topological polar surface area (TPSA) is 78.8 Å². The van der Waals surface area contributed by atoms with Gasteiger partial charge in [-0.1, -0.05) is 17.7 Å². The lowest BCUT2D eigenvalue weighted by atomic mass is 9.85. The third-order valence-corrected chi connectivity index (χ3v) is 6.45. The van der Waals surface area contributed by atoms with Crippen molar-refractivity contribution in [3.05, 3.63) is 40.8 Å². The molecule has 146 valence electrons. The highest BCUT2D eigenvalue weighted by Crippen LogP contribution is 2.30. The maximum absolute atomic E-state index is 11.6. The normalized spacial score (nSPS) is 22.4. The van der Waals surface area contributed by atoms with Crippen LogP contribution in [0.1, 0.15) is 30.7 Å². The number of benzene rings is 1. The first-order valence-corrected chi connectivity index (χ1v) is 10.1. The Balaban J connectivity index is 1.37. The summed E-state index contributed by atoms with van der Waals surface area (Å²) in [7, 11) is 2.02. The molecule has 2 unspecified atom stereocenters. The Morgan fingerprint density at radius 1 is 1.29 bits per heavy atom. The van der Waals surface area contributed by atoms with Gasteiger partial charge >= 0.3 is 0 Å². The average molecular weight is 399 g/mol. The molecule has 2 N–H and O–H groups in total. The van der Waals surface area contributed by atoms with Gasteiger partial charge in [0.25, 0.3) is 0 Å². The van der Waals surface area contributed by atoms with Crippen LogP contribution in [0.5, 0.6) is 0 Å². The van der Waals surface area contributed by atoms with Crippen molar-refractivity contribution in [3.8, 4) is 0 Å². The van der Waals surface area contributed by atoms with E-state index in [4.69, 9.17) is 11.6 Å². The molecule has 0 radical (unpaired) electrons. The maximum Gasteiger partial charge on any atom is 0.226 e. The second kappa shape index (κ2) is 6.81. The molecule has 2 aromatic heterocycles. The van der Waals surface area contributed by atoms with Crippen molar-refractivity contribution in [1.29, 1.82) is 0 Å². The van der Waals surface area contributed by atoms with E-state index in [0.29, 0.717) is 24.8 Å². The fourth-order valence-corrected chi connectivity index (χ4v) is 4.89. The predicted octanol–water partition coefficient (Wildman–Crippen LogP) is 2.65. The zero-order valence-electron chi connectivity index (χ0n) is 15.8. The highest BCUT2D eigenvalue weighted by molar-refractivity contribution is 6.35. The number of aromatic amines is 1. The number of fused-ring (bicyclic) bond motifs is 2. The number of hydrogen-bond donors (Lipinski definition) is 2. The molecule has 4 heterocycles. The minimum Gasteiger partial charge on any atom is -0.361 e. The SMILES string of the molecule is Cn1c(Cc2c[nH]c3cccc(Cl)c23)nnc1N1CCC2NC(=O)CCC2C1. The molecular weight excluding hydrogens is 376 g/mol. The highest BCUT2D eigenvalue weighted by atomic mass is 35.5. The van der Waals surface area contributed by atoms with Crippen molar-refractivity contribution in [1.82, 2.24) is 25.1 Å². The number of nitrogens with one attached hydrogen (secondary N) is 2. The lowest BCUT2D eigenvalue weighted by molar-refractivity contribution is -0.124. The summed E-state index contributed by atoms with van der Waals surface area (Å²) in [6.07, 6.45) is 5.20. The molecule has 3 aromatic rings. The number of carbonyl (C=O) groups is 1. The summed E-state index contributed by atoms with van der Waals surface area (Å²) in [4.78, 5) is 17.2. The lowest BCUT2D eigenvalue weighted by Crippen LogP contribution is -2.54. The molecule has 2 aliphatic rings. The van der Waals surface area contributed by atoms with Crippen molar-refractivity contribution in [2.75, 3.05) is 18.0 Å². The van der Waals surface area contributed by atoms with E-state index in [1.807, 2.05) is 31.4 Å². The van der Waals surface area contributed by atoms with Gasteiger partial charge in [0.1, 0.15) is 5.82 Å². The van der Waals surface area contributed by atoms with E-state index in [2.05, 4.69) is 30.0 Å². The summed E-state index contributed by atoms with van der Waals surface area (Å²) in [5.41, 5.74) is 2.16. The molecule has 28 heavy (non-hydrogen) atoms. The molecule has 7 nitrogen and oxygen atoms in total. The summed E-state index contributed by atoms with van der Waals surface area (Å²) in [6.45, 7) is 1.79. The van der Waals surface area contributed by atoms with Crippen molar-refractivity contribution in [2.45, 2.75) is 31.7 Å². The lowest BCUT2D eigenvalue weighted by Gasteiger charge is -2.41. The Bertz CT molecular complexity index is 1040. The minimum atomic E-state index is 0.188. The summed E-state index contributed by atoms with van der Waals surface area (Å²) >= 11 is 6.41. The zero-order valence-corrected chi connectivity index (χ0v) is 16.5. The van der Waals surface area contributed by atoms with E-state index >= 15 is 0 Å². The number of aromatic nitrogens is 4.